The summed E-state index contributed by atoms with van der Waals surface area (Å²) >= 11 is 0. The molecule has 0 aromatic carbocycles. The van der Waals surface area contributed by atoms with Crippen molar-refractivity contribution in [2.45, 2.75) is 70.2 Å². The van der Waals surface area contributed by atoms with Crippen molar-refractivity contribution in [2.24, 2.45) is 34.5 Å². The molecular weight excluding hydrogens is 302 g/mol. The van der Waals surface area contributed by atoms with E-state index in [2.05, 4.69) is 13.0 Å². The summed E-state index contributed by atoms with van der Waals surface area (Å²) in [6.45, 7) is 3.87. The van der Waals surface area contributed by atoms with E-state index in [0.717, 1.165) is 51.7 Å². The number of nitriles is 1. The lowest BCUT2D eigenvalue weighted by Crippen LogP contribution is -2.60. The lowest BCUT2D eigenvalue weighted by molar-refractivity contribution is -0.237. The predicted molar refractivity (Wildman–Crippen MR) is 87.7 cm³/mol. The summed E-state index contributed by atoms with van der Waals surface area (Å²) in [5, 5.41) is 20.7. The molecule has 0 radical (unpaired) electrons. The van der Waals surface area contributed by atoms with Crippen LogP contribution in [0, 0.1) is 45.8 Å². The van der Waals surface area contributed by atoms with Crippen molar-refractivity contribution in [1.29, 1.82) is 5.26 Å². The fourth-order valence-electron chi connectivity index (χ4n) is 7.99. The van der Waals surface area contributed by atoms with E-state index in [1.807, 2.05) is 0 Å². The van der Waals surface area contributed by atoms with Crippen LogP contribution in [0.5, 0.6) is 0 Å². The SMILES string of the molecule is C[C@]12CCC[C@H](C#N)[C@@H]1[C@H](O)C[C@H]1C[C@@H]3C[C@@]12CCC31OCCO1. The quantitative estimate of drug-likeness (QED) is 0.740. The number of nitrogens with zero attached hydrogens (tertiary/aromatic N) is 1. The summed E-state index contributed by atoms with van der Waals surface area (Å²) < 4.78 is 12.2. The third-order valence-corrected chi connectivity index (χ3v) is 8.90. The summed E-state index contributed by atoms with van der Waals surface area (Å²) in [5.74, 6) is 0.906. The molecule has 0 amide bonds. The number of rotatable bonds is 0. The van der Waals surface area contributed by atoms with E-state index in [-0.39, 0.29) is 34.6 Å². The maximum atomic E-state index is 11.0. The Morgan fingerprint density at radius 1 is 1.08 bits per heavy atom. The molecule has 4 heteroatoms. The summed E-state index contributed by atoms with van der Waals surface area (Å²) in [6, 6.07) is 2.55. The van der Waals surface area contributed by atoms with Crippen molar-refractivity contribution in [3.63, 3.8) is 0 Å². The molecule has 132 valence electrons. The minimum Gasteiger partial charge on any atom is -0.393 e. The van der Waals surface area contributed by atoms with Gasteiger partial charge in [0.25, 0.3) is 0 Å². The zero-order valence-corrected chi connectivity index (χ0v) is 14.7. The van der Waals surface area contributed by atoms with Gasteiger partial charge in [0.2, 0.25) is 0 Å². The third-order valence-electron chi connectivity index (χ3n) is 8.90. The van der Waals surface area contributed by atoms with E-state index in [1.165, 1.54) is 12.8 Å². The molecule has 1 N–H and O–H groups in total. The van der Waals surface area contributed by atoms with Crippen molar-refractivity contribution in [3.8, 4) is 6.07 Å². The van der Waals surface area contributed by atoms with E-state index in [9.17, 15) is 10.4 Å². The van der Waals surface area contributed by atoms with Crippen LogP contribution in [-0.2, 0) is 9.47 Å². The number of aliphatic hydroxyl groups is 1. The van der Waals surface area contributed by atoms with Crippen LogP contribution in [0.25, 0.3) is 0 Å². The van der Waals surface area contributed by atoms with Crippen molar-refractivity contribution in [1.82, 2.24) is 0 Å². The molecule has 5 rings (SSSR count). The van der Waals surface area contributed by atoms with Crippen LogP contribution in [0.1, 0.15) is 58.3 Å². The van der Waals surface area contributed by atoms with E-state index in [0.29, 0.717) is 11.8 Å². The minimum absolute atomic E-state index is 0.0305. The Hall–Kier alpha value is -0.630. The largest absolute Gasteiger partial charge is 0.393 e. The van der Waals surface area contributed by atoms with Crippen LogP contribution >= 0.6 is 0 Å². The first-order chi connectivity index (χ1) is 11.5. The van der Waals surface area contributed by atoms with Gasteiger partial charge in [0.15, 0.2) is 5.79 Å². The van der Waals surface area contributed by atoms with Gasteiger partial charge in [0.1, 0.15) is 0 Å². The lowest BCUT2D eigenvalue weighted by Gasteiger charge is -2.63. The van der Waals surface area contributed by atoms with Crippen LogP contribution in [0.4, 0.5) is 0 Å². The van der Waals surface area contributed by atoms with Crippen molar-refractivity contribution in [3.05, 3.63) is 0 Å². The number of ether oxygens (including phenoxy) is 2. The average Bonchev–Trinajstić information content (AvgIpc) is 3.15. The second-order valence-electron chi connectivity index (χ2n) is 9.37. The molecule has 4 nitrogen and oxygen atoms in total. The van der Waals surface area contributed by atoms with Crippen molar-refractivity contribution < 1.29 is 14.6 Å². The zero-order valence-electron chi connectivity index (χ0n) is 14.7. The molecular formula is C20H29NO3. The molecule has 0 unspecified atom stereocenters. The van der Waals surface area contributed by atoms with Gasteiger partial charge in [0.05, 0.1) is 31.3 Å². The van der Waals surface area contributed by atoms with Crippen molar-refractivity contribution in [2.75, 3.05) is 13.2 Å². The standard InChI is InChI=1S/C20H29NO3/c1-18-4-2-3-13(12-21)17(18)16(22)10-14-9-15-11-19(14,18)5-6-20(15)23-7-8-24-20/h13-17,22H,2-11H2,1H3/t13-,14-,15-,16-,17-,18+,19+/m1/s1. The number of hydrogen-bond acceptors (Lipinski definition) is 4. The topological polar surface area (TPSA) is 62.5 Å². The molecule has 5 aliphatic rings. The van der Waals surface area contributed by atoms with E-state index in [4.69, 9.17) is 9.47 Å². The van der Waals surface area contributed by atoms with Crippen LogP contribution in [0.3, 0.4) is 0 Å². The van der Waals surface area contributed by atoms with Gasteiger partial charge in [0, 0.05) is 18.3 Å². The number of fused-ring (bicyclic) bond motifs is 3. The Morgan fingerprint density at radius 2 is 1.88 bits per heavy atom. The maximum Gasteiger partial charge on any atom is 0.171 e. The molecule has 1 saturated heterocycles. The van der Waals surface area contributed by atoms with Crippen LogP contribution in [0.2, 0.25) is 0 Å². The molecule has 0 aromatic rings. The Labute approximate surface area is 144 Å². The normalized spacial score (nSPS) is 55.0. The predicted octanol–water partition coefficient (Wildman–Crippen LogP) is 3.25. The van der Waals surface area contributed by atoms with Gasteiger partial charge >= 0.3 is 0 Å². The van der Waals surface area contributed by atoms with Gasteiger partial charge in [-0.05, 0) is 55.3 Å². The molecule has 2 spiro atoms. The van der Waals surface area contributed by atoms with Gasteiger partial charge in [-0.2, -0.15) is 5.26 Å². The van der Waals surface area contributed by atoms with Gasteiger partial charge in [-0.3, -0.25) is 0 Å². The summed E-state index contributed by atoms with van der Waals surface area (Å²) in [6.07, 6.45) is 8.30. The Kier molecular flexibility index (Phi) is 3.23. The first kappa shape index (κ1) is 15.6. The highest BCUT2D eigenvalue weighted by molar-refractivity contribution is 5.19. The lowest BCUT2D eigenvalue weighted by atomic mass is 9.41. The first-order valence-electron chi connectivity index (χ1n) is 9.90. The highest BCUT2D eigenvalue weighted by Crippen LogP contribution is 2.74. The molecule has 0 aromatic heterocycles. The summed E-state index contributed by atoms with van der Waals surface area (Å²) in [4.78, 5) is 0. The van der Waals surface area contributed by atoms with Gasteiger partial charge < -0.3 is 14.6 Å². The molecule has 4 aliphatic carbocycles. The Morgan fingerprint density at radius 3 is 2.62 bits per heavy atom. The third kappa shape index (κ3) is 1.69. The van der Waals surface area contributed by atoms with E-state index in [1.54, 1.807) is 0 Å². The van der Waals surface area contributed by atoms with Crippen LogP contribution < -0.4 is 0 Å². The second-order valence-corrected chi connectivity index (χ2v) is 9.37. The number of hydrogen-bond donors (Lipinski definition) is 1. The zero-order chi connectivity index (χ0) is 16.6. The maximum absolute atomic E-state index is 11.0. The van der Waals surface area contributed by atoms with E-state index < -0.39 is 0 Å². The fourth-order valence-corrected chi connectivity index (χ4v) is 7.99. The molecule has 4 saturated carbocycles. The molecule has 7 atom stereocenters. The van der Waals surface area contributed by atoms with Crippen LogP contribution in [0.15, 0.2) is 0 Å². The van der Waals surface area contributed by atoms with E-state index >= 15 is 0 Å². The summed E-state index contributed by atoms with van der Waals surface area (Å²) in [5.41, 5.74) is 0.389. The molecule has 24 heavy (non-hydrogen) atoms. The van der Waals surface area contributed by atoms with Gasteiger partial charge in [-0.25, -0.2) is 0 Å². The Balaban J connectivity index is 1.55. The van der Waals surface area contributed by atoms with Gasteiger partial charge in [-0.1, -0.05) is 13.3 Å². The minimum atomic E-state index is -0.331. The van der Waals surface area contributed by atoms with Crippen molar-refractivity contribution >= 4 is 0 Å². The van der Waals surface area contributed by atoms with Crippen LogP contribution in [-0.4, -0.2) is 30.2 Å². The molecule has 2 bridgehead atoms. The monoisotopic (exact) mass is 331 g/mol. The summed E-state index contributed by atoms with van der Waals surface area (Å²) in [7, 11) is 0. The second kappa shape index (κ2) is 4.96. The average molecular weight is 331 g/mol. The smallest absolute Gasteiger partial charge is 0.171 e. The number of aliphatic hydroxyl groups excluding tert-OH is 1. The molecule has 5 fully saturated rings. The van der Waals surface area contributed by atoms with Gasteiger partial charge in [-0.15, -0.1) is 0 Å². The fraction of sp³-hybridized carbons (Fsp3) is 0.950. The Bertz CT molecular complexity index is 580. The first-order valence-corrected chi connectivity index (χ1v) is 9.90. The molecule has 1 heterocycles. The highest BCUT2D eigenvalue weighted by Gasteiger charge is 2.71. The highest BCUT2D eigenvalue weighted by atomic mass is 16.7. The molecule has 1 aliphatic heterocycles.